The Balaban J connectivity index is 3.89. The van der Waals surface area contributed by atoms with Crippen molar-refractivity contribution in [3.63, 3.8) is 0 Å². The van der Waals surface area contributed by atoms with Crippen LogP contribution in [0, 0.1) is 0 Å². The predicted octanol–water partition coefficient (Wildman–Crippen LogP) is 0.829. The summed E-state index contributed by atoms with van der Waals surface area (Å²) in [6.45, 7) is 0.887. The number of halogens is 2. The molecule has 0 saturated carbocycles. The SMILES string of the molecule is CCC(=O)NC(=O)N(C)CC(F)F. The summed E-state index contributed by atoms with van der Waals surface area (Å²) in [6.07, 6.45) is -2.44. The van der Waals surface area contributed by atoms with E-state index in [-0.39, 0.29) is 6.42 Å². The monoisotopic (exact) mass is 194 g/mol. The third-order valence-electron chi connectivity index (χ3n) is 1.33. The van der Waals surface area contributed by atoms with E-state index in [2.05, 4.69) is 0 Å². The number of hydrogen-bond acceptors (Lipinski definition) is 2. The highest BCUT2D eigenvalue weighted by Crippen LogP contribution is 1.95. The van der Waals surface area contributed by atoms with Crippen LogP contribution in [0.3, 0.4) is 0 Å². The highest BCUT2D eigenvalue weighted by molar-refractivity contribution is 5.93. The fourth-order valence-electron chi connectivity index (χ4n) is 0.593. The highest BCUT2D eigenvalue weighted by atomic mass is 19.3. The molecule has 76 valence electrons. The van der Waals surface area contributed by atoms with Gasteiger partial charge in [0.2, 0.25) is 5.91 Å². The standard InChI is InChI=1S/C7H12F2N2O2/c1-3-6(12)10-7(13)11(2)4-5(8)9/h5H,3-4H2,1-2H3,(H,10,12,13). The molecule has 0 rings (SSSR count). The van der Waals surface area contributed by atoms with Crippen LogP contribution in [0.4, 0.5) is 13.6 Å². The van der Waals surface area contributed by atoms with Crippen LogP contribution in [-0.2, 0) is 4.79 Å². The molecule has 0 aromatic carbocycles. The van der Waals surface area contributed by atoms with Gasteiger partial charge in [-0.15, -0.1) is 0 Å². The minimum absolute atomic E-state index is 0.147. The first kappa shape index (κ1) is 11.8. The number of hydrogen-bond donors (Lipinski definition) is 1. The van der Waals surface area contributed by atoms with Crippen LogP contribution < -0.4 is 5.32 Å². The van der Waals surface area contributed by atoms with Crippen molar-refractivity contribution >= 4 is 11.9 Å². The van der Waals surface area contributed by atoms with Crippen molar-refractivity contribution in [1.29, 1.82) is 0 Å². The first-order chi connectivity index (χ1) is 5.97. The van der Waals surface area contributed by atoms with E-state index in [0.717, 1.165) is 4.90 Å². The Morgan fingerprint density at radius 1 is 1.46 bits per heavy atom. The van der Waals surface area contributed by atoms with Gasteiger partial charge in [-0.3, -0.25) is 10.1 Å². The van der Waals surface area contributed by atoms with Crippen molar-refractivity contribution < 1.29 is 18.4 Å². The molecule has 3 amide bonds. The minimum atomic E-state index is -2.59. The molecule has 0 aliphatic carbocycles. The van der Waals surface area contributed by atoms with E-state index in [1.807, 2.05) is 5.32 Å². The van der Waals surface area contributed by atoms with Gasteiger partial charge in [0.15, 0.2) is 0 Å². The molecule has 0 saturated heterocycles. The average Bonchev–Trinajstić information content (AvgIpc) is 2.02. The molecule has 0 aromatic rings. The molecule has 1 N–H and O–H groups in total. The largest absolute Gasteiger partial charge is 0.323 e. The van der Waals surface area contributed by atoms with E-state index in [0.29, 0.717) is 0 Å². The summed E-state index contributed by atoms with van der Waals surface area (Å²) in [4.78, 5) is 22.3. The summed E-state index contributed by atoms with van der Waals surface area (Å²) in [7, 11) is 1.20. The molecule has 0 bridgehead atoms. The molecule has 0 aromatic heterocycles. The number of urea groups is 1. The molecule has 6 heteroatoms. The third-order valence-corrected chi connectivity index (χ3v) is 1.33. The van der Waals surface area contributed by atoms with Crippen LogP contribution in [0.1, 0.15) is 13.3 Å². The van der Waals surface area contributed by atoms with Crippen LogP contribution >= 0.6 is 0 Å². The molecular formula is C7H12F2N2O2. The maximum atomic E-state index is 11.8. The smallest absolute Gasteiger partial charge is 0.322 e. The van der Waals surface area contributed by atoms with E-state index in [1.54, 1.807) is 6.92 Å². The number of amides is 3. The molecule has 0 aliphatic heterocycles. The highest BCUT2D eigenvalue weighted by Gasteiger charge is 2.14. The van der Waals surface area contributed by atoms with E-state index >= 15 is 0 Å². The number of rotatable bonds is 3. The lowest BCUT2D eigenvalue weighted by Gasteiger charge is -2.15. The molecule has 0 atom stereocenters. The Kier molecular flexibility index (Phi) is 4.94. The van der Waals surface area contributed by atoms with Crippen LogP contribution in [0.2, 0.25) is 0 Å². The topological polar surface area (TPSA) is 49.4 Å². The van der Waals surface area contributed by atoms with Crippen LogP contribution in [0.25, 0.3) is 0 Å². The summed E-state index contributed by atoms with van der Waals surface area (Å²) in [6, 6.07) is -0.799. The Labute approximate surface area is 74.9 Å². The summed E-state index contributed by atoms with van der Waals surface area (Å²) in [5.74, 6) is -0.480. The molecule has 0 aliphatic rings. The number of carbonyl (C=O) groups excluding carboxylic acids is 2. The second kappa shape index (κ2) is 5.45. The molecular weight excluding hydrogens is 182 g/mol. The Hall–Kier alpha value is -1.20. The summed E-state index contributed by atoms with van der Waals surface area (Å²) < 4.78 is 23.5. The Morgan fingerprint density at radius 2 is 2.00 bits per heavy atom. The molecule has 0 unspecified atom stereocenters. The van der Waals surface area contributed by atoms with Gasteiger partial charge in [-0.05, 0) is 0 Å². The normalized spacial score (nSPS) is 9.92. The lowest BCUT2D eigenvalue weighted by Crippen LogP contribution is -2.42. The maximum Gasteiger partial charge on any atom is 0.323 e. The Morgan fingerprint density at radius 3 is 2.38 bits per heavy atom. The summed E-state index contributed by atoms with van der Waals surface area (Å²) in [5.41, 5.74) is 0. The van der Waals surface area contributed by atoms with Gasteiger partial charge in [-0.2, -0.15) is 0 Å². The minimum Gasteiger partial charge on any atom is -0.322 e. The zero-order valence-corrected chi connectivity index (χ0v) is 7.51. The molecule has 0 radical (unpaired) electrons. The first-order valence-electron chi connectivity index (χ1n) is 3.80. The van der Waals surface area contributed by atoms with Gasteiger partial charge >= 0.3 is 6.03 Å². The fraction of sp³-hybridized carbons (Fsp3) is 0.714. The van der Waals surface area contributed by atoms with Crippen LogP contribution in [0.5, 0.6) is 0 Å². The van der Waals surface area contributed by atoms with E-state index in [4.69, 9.17) is 0 Å². The lowest BCUT2D eigenvalue weighted by atomic mass is 10.4. The summed E-state index contributed by atoms with van der Waals surface area (Å²) in [5, 5.41) is 1.95. The molecule has 0 spiro atoms. The zero-order valence-electron chi connectivity index (χ0n) is 7.51. The van der Waals surface area contributed by atoms with E-state index in [1.165, 1.54) is 7.05 Å². The van der Waals surface area contributed by atoms with Gasteiger partial charge < -0.3 is 4.90 Å². The second-order valence-electron chi connectivity index (χ2n) is 2.48. The van der Waals surface area contributed by atoms with Crippen molar-refractivity contribution in [3.8, 4) is 0 Å². The molecule has 0 heterocycles. The number of nitrogens with one attached hydrogen (secondary N) is 1. The van der Waals surface area contributed by atoms with Crippen molar-refractivity contribution in [2.45, 2.75) is 19.8 Å². The average molecular weight is 194 g/mol. The van der Waals surface area contributed by atoms with E-state index < -0.39 is 24.9 Å². The maximum absolute atomic E-state index is 11.8. The van der Waals surface area contributed by atoms with Gasteiger partial charge in [-0.1, -0.05) is 6.92 Å². The number of carbonyl (C=O) groups is 2. The second-order valence-corrected chi connectivity index (χ2v) is 2.48. The third kappa shape index (κ3) is 5.10. The van der Waals surface area contributed by atoms with Crippen molar-refractivity contribution in [1.82, 2.24) is 10.2 Å². The number of alkyl halides is 2. The number of imide groups is 1. The van der Waals surface area contributed by atoms with Gasteiger partial charge in [0.25, 0.3) is 6.43 Å². The zero-order chi connectivity index (χ0) is 10.4. The fourth-order valence-corrected chi connectivity index (χ4v) is 0.593. The quantitative estimate of drug-likeness (QED) is 0.723. The summed E-state index contributed by atoms with van der Waals surface area (Å²) >= 11 is 0. The molecule has 4 nitrogen and oxygen atoms in total. The van der Waals surface area contributed by atoms with Gasteiger partial charge in [0.05, 0.1) is 6.54 Å². The molecule has 0 fully saturated rings. The first-order valence-corrected chi connectivity index (χ1v) is 3.80. The molecule has 13 heavy (non-hydrogen) atoms. The Bertz CT molecular complexity index is 197. The lowest BCUT2D eigenvalue weighted by molar-refractivity contribution is -0.119. The predicted molar refractivity (Wildman–Crippen MR) is 42.5 cm³/mol. The van der Waals surface area contributed by atoms with Crippen molar-refractivity contribution in [2.75, 3.05) is 13.6 Å². The van der Waals surface area contributed by atoms with Crippen molar-refractivity contribution in [3.05, 3.63) is 0 Å². The van der Waals surface area contributed by atoms with Gasteiger partial charge in [-0.25, -0.2) is 13.6 Å². The van der Waals surface area contributed by atoms with Crippen molar-refractivity contribution in [2.24, 2.45) is 0 Å². The van der Waals surface area contributed by atoms with Crippen LogP contribution in [-0.4, -0.2) is 36.9 Å². The van der Waals surface area contributed by atoms with Gasteiger partial charge in [0, 0.05) is 13.5 Å². The number of nitrogens with zero attached hydrogens (tertiary/aromatic N) is 1. The van der Waals surface area contributed by atoms with E-state index in [9.17, 15) is 18.4 Å². The van der Waals surface area contributed by atoms with Crippen LogP contribution in [0.15, 0.2) is 0 Å². The van der Waals surface area contributed by atoms with Gasteiger partial charge in [0.1, 0.15) is 0 Å².